The van der Waals surface area contributed by atoms with Crippen LogP contribution in [-0.4, -0.2) is 37.2 Å². The molecular formula is C75H124O6. The Balaban J connectivity index is 4.46. The van der Waals surface area contributed by atoms with Crippen LogP contribution in [0.4, 0.5) is 0 Å². The van der Waals surface area contributed by atoms with Gasteiger partial charge in [0.1, 0.15) is 13.2 Å². The van der Waals surface area contributed by atoms with Crippen molar-refractivity contribution in [3.05, 3.63) is 134 Å². The monoisotopic (exact) mass is 1120 g/mol. The van der Waals surface area contributed by atoms with E-state index < -0.39 is 6.10 Å². The number of carbonyl (C=O) groups excluding carboxylic acids is 3. The minimum Gasteiger partial charge on any atom is -0.462 e. The quantitative estimate of drug-likeness (QED) is 0.0261. The Kier molecular flexibility index (Phi) is 64.3. The van der Waals surface area contributed by atoms with Crippen LogP contribution in [0.5, 0.6) is 0 Å². The van der Waals surface area contributed by atoms with Gasteiger partial charge in [0.05, 0.1) is 0 Å². The van der Waals surface area contributed by atoms with Crippen LogP contribution >= 0.6 is 0 Å². The third-order valence-corrected chi connectivity index (χ3v) is 14.1. The van der Waals surface area contributed by atoms with Crippen molar-refractivity contribution < 1.29 is 28.6 Å². The third kappa shape index (κ3) is 66.2. The Hall–Kier alpha value is -4.45. The first kappa shape index (κ1) is 76.5. The number of rotatable bonds is 60. The first-order valence-electron chi connectivity index (χ1n) is 33.7. The van der Waals surface area contributed by atoms with Crippen LogP contribution in [0.2, 0.25) is 0 Å². The van der Waals surface area contributed by atoms with Crippen molar-refractivity contribution in [1.82, 2.24) is 0 Å². The number of allylic oxidation sites excluding steroid dienone is 22. The maximum Gasteiger partial charge on any atom is 0.306 e. The van der Waals surface area contributed by atoms with E-state index in [-0.39, 0.29) is 31.1 Å². The van der Waals surface area contributed by atoms with Crippen molar-refractivity contribution >= 4 is 17.9 Å². The fourth-order valence-corrected chi connectivity index (χ4v) is 9.07. The molecule has 0 aromatic carbocycles. The standard InChI is InChI=1S/C75H124O6/c1-4-7-10-13-16-19-22-25-28-31-33-35-36-37-38-40-41-44-47-50-53-56-59-62-65-68-74(77)80-71-72(70-79-73(76)67-64-61-58-55-52-49-46-43-30-27-24-21-18-15-12-9-6-3)81-75(78)69-66-63-60-57-54-51-48-45-42-39-34-32-29-26-23-20-17-14-11-8-5-2/h7,10,16,18-19,21,23,25-28,30,32-35,37-38,41-42,44-45,72H,4-6,8-9,11-15,17,20,22,24,29,31,36,39-40,43,46-71H2,1-3H3/b10-7-,19-16-,21-18-,26-23-,28-25-,30-27-,34-32-,35-33-,38-37-,44-41-,45-42-. The molecule has 1 unspecified atom stereocenters. The van der Waals surface area contributed by atoms with Crippen molar-refractivity contribution in [3.8, 4) is 0 Å². The van der Waals surface area contributed by atoms with Crippen molar-refractivity contribution in [2.45, 2.75) is 309 Å². The van der Waals surface area contributed by atoms with Crippen LogP contribution in [0.1, 0.15) is 303 Å². The molecule has 81 heavy (non-hydrogen) atoms. The van der Waals surface area contributed by atoms with Crippen LogP contribution in [-0.2, 0) is 28.6 Å². The molecule has 6 heteroatoms. The maximum atomic E-state index is 12.9. The molecule has 460 valence electrons. The summed E-state index contributed by atoms with van der Waals surface area (Å²) in [4.78, 5) is 38.4. The normalized spacial score (nSPS) is 13.0. The molecular weight excluding hydrogens is 997 g/mol. The molecule has 0 aromatic heterocycles. The number of hydrogen-bond donors (Lipinski definition) is 0. The predicted molar refractivity (Wildman–Crippen MR) is 353 cm³/mol. The summed E-state index contributed by atoms with van der Waals surface area (Å²) in [6.45, 7) is 6.48. The SMILES string of the molecule is CC/C=C\C/C=C\C/C=C\C/C=C\C/C=C\C/C=C\CCCCCCCCC(=O)OCC(COC(=O)CCCCCCCCC/C=C\C/C=C\CCCCC)OC(=O)CCCCCCCC/C=C\C/C=C\C/C=C\CCCCCCC. The van der Waals surface area contributed by atoms with Crippen molar-refractivity contribution in [1.29, 1.82) is 0 Å². The highest BCUT2D eigenvalue weighted by atomic mass is 16.6. The molecule has 0 saturated heterocycles. The van der Waals surface area contributed by atoms with E-state index in [1.54, 1.807) is 0 Å². The second-order valence-corrected chi connectivity index (χ2v) is 22.0. The molecule has 0 spiro atoms. The van der Waals surface area contributed by atoms with Gasteiger partial charge in [0.25, 0.3) is 0 Å². The number of unbranched alkanes of at least 4 members (excludes halogenated alkanes) is 27. The Bertz CT molecular complexity index is 1720. The second kappa shape index (κ2) is 68.1. The molecule has 0 radical (unpaired) electrons. The van der Waals surface area contributed by atoms with Crippen LogP contribution < -0.4 is 0 Å². The average Bonchev–Trinajstić information content (AvgIpc) is 3.47. The van der Waals surface area contributed by atoms with E-state index in [0.29, 0.717) is 19.3 Å². The van der Waals surface area contributed by atoms with Gasteiger partial charge < -0.3 is 14.2 Å². The van der Waals surface area contributed by atoms with E-state index in [4.69, 9.17) is 14.2 Å². The second-order valence-electron chi connectivity index (χ2n) is 22.0. The van der Waals surface area contributed by atoms with E-state index in [9.17, 15) is 14.4 Å². The summed E-state index contributed by atoms with van der Waals surface area (Å²) >= 11 is 0. The zero-order valence-electron chi connectivity index (χ0n) is 52.8. The first-order valence-corrected chi connectivity index (χ1v) is 33.7. The molecule has 0 aromatic rings. The molecule has 0 heterocycles. The highest BCUT2D eigenvalue weighted by molar-refractivity contribution is 5.71. The fraction of sp³-hybridized carbons (Fsp3) is 0.667. The highest BCUT2D eigenvalue weighted by Gasteiger charge is 2.19. The Morgan fingerprint density at radius 2 is 0.481 bits per heavy atom. The Morgan fingerprint density at radius 3 is 0.778 bits per heavy atom. The molecule has 1 atom stereocenters. The van der Waals surface area contributed by atoms with Crippen LogP contribution in [0, 0.1) is 0 Å². The number of esters is 3. The van der Waals surface area contributed by atoms with E-state index in [1.807, 2.05) is 0 Å². The zero-order chi connectivity index (χ0) is 58.5. The van der Waals surface area contributed by atoms with Gasteiger partial charge in [0, 0.05) is 19.3 Å². The Morgan fingerprint density at radius 1 is 0.259 bits per heavy atom. The van der Waals surface area contributed by atoms with Crippen LogP contribution in [0.25, 0.3) is 0 Å². The smallest absolute Gasteiger partial charge is 0.306 e. The van der Waals surface area contributed by atoms with Gasteiger partial charge in [-0.1, -0.05) is 276 Å². The molecule has 0 fully saturated rings. The van der Waals surface area contributed by atoms with Gasteiger partial charge in [-0.05, 0) is 141 Å². The minimum absolute atomic E-state index is 0.0957. The fourth-order valence-electron chi connectivity index (χ4n) is 9.07. The van der Waals surface area contributed by atoms with Crippen LogP contribution in [0.3, 0.4) is 0 Å². The summed E-state index contributed by atoms with van der Waals surface area (Å²) in [7, 11) is 0. The summed E-state index contributed by atoms with van der Waals surface area (Å²) in [5.41, 5.74) is 0. The minimum atomic E-state index is -0.802. The summed E-state index contributed by atoms with van der Waals surface area (Å²) in [6, 6.07) is 0. The van der Waals surface area contributed by atoms with E-state index in [2.05, 4.69) is 154 Å². The molecule has 0 aliphatic carbocycles. The van der Waals surface area contributed by atoms with E-state index >= 15 is 0 Å². The lowest BCUT2D eigenvalue weighted by molar-refractivity contribution is -0.167. The lowest BCUT2D eigenvalue weighted by atomic mass is 10.1. The third-order valence-electron chi connectivity index (χ3n) is 14.1. The molecule has 0 N–H and O–H groups in total. The summed E-state index contributed by atoms with van der Waals surface area (Å²) < 4.78 is 16.9. The lowest BCUT2D eigenvalue weighted by Gasteiger charge is -2.18. The lowest BCUT2D eigenvalue weighted by Crippen LogP contribution is -2.30. The summed E-state index contributed by atoms with van der Waals surface area (Å²) in [5, 5.41) is 0. The maximum absolute atomic E-state index is 12.9. The molecule has 0 saturated carbocycles. The molecule has 6 nitrogen and oxygen atoms in total. The van der Waals surface area contributed by atoms with Gasteiger partial charge in [-0.3, -0.25) is 14.4 Å². The van der Waals surface area contributed by atoms with Crippen molar-refractivity contribution in [2.75, 3.05) is 13.2 Å². The first-order chi connectivity index (χ1) is 40.0. The van der Waals surface area contributed by atoms with Gasteiger partial charge in [0.15, 0.2) is 6.10 Å². The van der Waals surface area contributed by atoms with Gasteiger partial charge in [-0.2, -0.15) is 0 Å². The highest BCUT2D eigenvalue weighted by Crippen LogP contribution is 2.15. The van der Waals surface area contributed by atoms with Gasteiger partial charge in [-0.25, -0.2) is 0 Å². The van der Waals surface area contributed by atoms with Gasteiger partial charge >= 0.3 is 17.9 Å². The number of hydrogen-bond acceptors (Lipinski definition) is 6. The summed E-state index contributed by atoms with van der Waals surface area (Å²) in [6.07, 6.45) is 95.9. The van der Waals surface area contributed by atoms with Crippen LogP contribution in [0.15, 0.2) is 134 Å². The largest absolute Gasteiger partial charge is 0.462 e. The molecule has 0 aliphatic rings. The molecule has 0 bridgehead atoms. The van der Waals surface area contributed by atoms with E-state index in [1.165, 1.54) is 116 Å². The van der Waals surface area contributed by atoms with Crippen molar-refractivity contribution in [3.63, 3.8) is 0 Å². The summed E-state index contributed by atoms with van der Waals surface area (Å²) in [5.74, 6) is -0.925. The topological polar surface area (TPSA) is 78.9 Å². The van der Waals surface area contributed by atoms with Crippen molar-refractivity contribution in [2.24, 2.45) is 0 Å². The average molecular weight is 1120 g/mol. The van der Waals surface area contributed by atoms with Gasteiger partial charge in [-0.15, -0.1) is 0 Å². The number of carbonyl (C=O) groups is 3. The molecule has 0 aliphatic heterocycles. The Labute approximate surface area is 500 Å². The number of ether oxygens (including phenoxy) is 3. The molecule has 0 rings (SSSR count). The predicted octanol–water partition coefficient (Wildman–Crippen LogP) is 23.3. The van der Waals surface area contributed by atoms with E-state index in [0.717, 1.165) is 148 Å². The van der Waals surface area contributed by atoms with Gasteiger partial charge in [0.2, 0.25) is 0 Å². The zero-order valence-corrected chi connectivity index (χ0v) is 52.8. The molecule has 0 amide bonds.